The molecule has 0 spiro atoms. The summed E-state index contributed by atoms with van der Waals surface area (Å²) < 4.78 is 1.33. The summed E-state index contributed by atoms with van der Waals surface area (Å²) in [7, 11) is 0. The number of nitrogen functional groups attached to an aromatic ring is 1. The van der Waals surface area contributed by atoms with Gasteiger partial charge in [0.1, 0.15) is 6.33 Å². The van der Waals surface area contributed by atoms with E-state index in [4.69, 9.17) is 28.9 Å². The number of imidazole rings is 1. The average Bonchev–Trinajstić information content (AvgIpc) is 2.71. The van der Waals surface area contributed by atoms with Crippen LogP contribution in [0.25, 0.3) is 17.1 Å². The SMILES string of the molecule is Nc1nc2c(ncn2-c2nc(Cl)nc(Cl)n2)c(=O)[nH]1. The molecule has 0 radical (unpaired) electrons. The van der Waals surface area contributed by atoms with E-state index in [-0.39, 0.29) is 33.6 Å². The van der Waals surface area contributed by atoms with Gasteiger partial charge >= 0.3 is 0 Å². The van der Waals surface area contributed by atoms with Gasteiger partial charge in [0.15, 0.2) is 11.2 Å². The van der Waals surface area contributed by atoms with Gasteiger partial charge in [-0.25, -0.2) is 4.98 Å². The first kappa shape index (κ1) is 11.8. The zero-order chi connectivity index (χ0) is 13.6. The maximum absolute atomic E-state index is 11.6. The number of nitrogens with zero attached hydrogens (tertiary/aromatic N) is 6. The highest BCUT2D eigenvalue weighted by molar-refractivity contribution is 6.31. The van der Waals surface area contributed by atoms with E-state index in [0.717, 1.165) is 0 Å². The predicted octanol–water partition coefficient (Wildman–Crippen LogP) is 0.183. The van der Waals surface area contributed by atoms with Crippen LogP contribution >= 0.6 is 23.2 Å². The monoisotopic (exact) mass is 298 g/mol. The van der Waals surface area contributed by atoms with Crippen molar-refractivity contribution in [2.24, 2.45) is 0 Å². The number of hydrogen-bond donors (Lipinski definition) is 2. The molecule has 0 aliphatic rings. The molecule has 96 valence electrons. The van der Waals surface area contributed by atoms with E-state index in [0.29, 0.717) is 0 Å². The van der Waals surface area contributed by atoms with Gasteiger partial charge in [0.2, 0.25) is 22.5 Å². The first-order chi connectivity index (χ1) is 9.04. The minimum absolute atomic E-state index is 0.0505. The van der Waals surface area contributed by atoms with Crippen molar-refractivity contribution in [3.63, 3.8) is 0 Å². The van der Waals surface area contributed by atoms with Crippen molar-refractivity contribution in [2.75, 3.05) is 5.73 Å². The fourth-order valence-corrected chi connectivity index (χ4v) is 1.85. The standard InChI is InChI=1S/C8H4Cl2N8O/c9-5-15-6(10)17-8(16-5)18-1-12-2-3(18)13-7(11)14-4(2)19/h1H,(H3,11,13,14,19). The number of nitrogens with one attached hydrogen (secondary N) is 1. The maximum Gasteiger partial charge on any atom is 0.280 e. The van der Waals surface area contributed by atoms with Crippen molar-refractivity contribution in [1.29, 1.82) is 0 Å². The van der Waals surface area contributed by atoms with Crippen LogP contribution in [0, 0.1) is 0 Å². The van der Waals surface area contributed by atoms with Crippen molar-refractivity contribution >= 4 is 40.3 Å². The number of aromatic nitrogens is 7. The largest absolute Gasteiger partial charge is 0.369 e. The fourth-order valence-electron chi connectivity index (χ4n) is 1.50. The summed E-state index contributed by atoms with van der Waals surface area (Å²) >= 11 is 11.4. The molecule has 0 saturated carbocycles. The van der Waals surface area contributed by atoms with E-state index in [1.54, 1.807) is 0 Å². The molecular weight excluding hydrogens is 295 g/mol. The highest BCUT2D eigenvalue weighted by Gasteiger charge is 2.13. The number of hydrogen-bond acceptors (Lipinski definition) is 7. The quantitative estimate of drug-likeness (QED) is 0.656. The zero-order valence-electron chi connectivity index (χ0n) is 9.00. The molecule has 0 atom stereocenters. The van der Waals surface area contributed by atoms with E-state index in [2.05, 4.69) is 29.9 Å². The van der Waals surface area contributed by atoms with Gasteiger partial charge in [0, 0.05) is 0 Å². The van der Waals surface area contributed by atoms with Crippen molar-refractivity contribution < 1.29 is 0 Å². The Labute approximate surface area is 114 Å². The third-order valence-corrected chi connectivity index (χ3v) is 2.55. The molecule has 0 unspecified atom stereocenters. The van der Waals surface area contributed by atoms with Gasteiger partial charge in [0.25, 0.3) is 5.56 Å². The molecule has 3 aromatic rings. The Morgan fingerprint density at radius 1 is 1.16 bits per heavy atom. The second-order valence-electron chi connectivity index (χ2n) is 3.41. The van der Waals surface area contributed by atoms with Crippen LogP contribution in [0.2, 0.25) is 10.6 Å². The maximum atomic E-state index is 11.6. The number of aromatic amines is 1. The predicted molar refractivity (Wildman–Crippen MR) is 67.3 cm³/mol. The third kappa shape index (κ3) is 1.98. The molecule has 0 bridgehead atoms. The molecule has 9 nitrogen and oxygen atoms in total. The van der Waals surface area contributed by atoms with Crippen LogP contribution in [-0.4, -0.2) is 34.5 Å². The first-order valence-electron chi connectivity index (χ1n) is 4.85. The Morgan fingerprint density at radius 2 is 1.84 bits per heavy atom. The van der Waals surface area contributed by atoms with Crippen molar-refractivity contribution in [1.82, 2.24) is 34.5 Å². The molecule has 0 amide bonds. The Morgan fingerprint density at radius 3 is 2.53 bits per heavy atom. The number of fused-ring (bicyclic) bond motifs is 1. The molecule has 3 rings (SSSR count). The highest BCUT2D eigenvalue weighted by atomic mass is 35.5. The Kier molecular flexibility index (Phi) is 2.57. The molecule has 19 heavy (non-hydrogen) atoms. The minimum atomic E-state index is -0.465. The lowest BCUT2D eigenvalue weighted by atomic mass is 10.5. The number of nitrogens with two attached hydrogens (primary N) is 1. The fraction of sp³-hybridized carbons (Fsp3) is 0. The summed E-state index contributed by atoms with van der Waals surface area (Å²) in [5, 5.41) is -0.177. The molecule has 0 aliphatic carbocycles. The first-order valence-corrected chi connectivity index (χ1v) is 5.60. The summed E-state index contributed by atoms with van der Waals surface area (Å²) in [6.45, 7) is 0. The lowest BCUT2D eigenvalue weighted by molar-refractivity contribution is 0.904. The Balaban J connectivity index is 2.34. The average molecular weight is 299 g/mol. The molecule has 0 aromatic carbocycles. The van der Waals surface area contributed by atoms with Gasteiger partial charge in [0.05, 0.1) is 0 Å². The van der Waals surface area contributed by atoms with Gasteiger partial charge in [-0.2, -0.15) is 19.9 Å². The van der Waals surface area contributed by atoms with Crippen LogP contribution in [-0.2, 0) is 0 Å². The summed E-state index contributed by atoms with van der Waals surface area (Å²) in [6.07, 6.45) is 1.31. The van der Waals surface area contributed by atoms with Crippen molar-refractivity contribution in [3.05, 3.63) is 27.2 Å². The van der Waals surface area contributed by atoms with Crippen molar-refractivity contribution in [3.8, 4) is 5.95 Å². The molecule has 0 saturated heterocycles. The van der Waals surface area contributed by atoms with E-state index in [1.807, 2.05) is 0 Å². The molecule has 11 heteroatoms. The van der Waals surface area contributed by atoms with E-state index in [9.17, 15) is 4.79 Å². The summed E-state index contributed by atoms with van der Waals surface area (Å²) in [5.41, 5.74) is 5.31. The lowest BCUT2D eigenvalue weighted by Gasteiger charge is -2.02. The van der Waals surface area contributed by atoms with Crippen molar-refractivity contribution in [2.45, 2.75) is 0 Å². The van der Waals surface area contributed by atoms with Crippen LogP contribution in [0.4, 0.5) is 5.95 Å². The lowest BCUT2D eigenvalue weighted by Crippen LogP contribution is -2.12. The highest BCUT2D eigenvalue weighted by Crippen LogP contribution is 2.14. The summed E-state index contributed by atoms with van der Waals surface area (Å²) in [6, 6.07) is 0. The number of halogens is 2. The van der Waals surface area contributed by atoms with Crippen LogP contribution < -0.4 is 11.3 Å². The molecule has 0 fully saturated rings. The molecular formula is C8H4Cl2N8O. The molecule has 3 heterocycles. The van der Waals surface area contributed by atoms with Crippen LogP contribution in [0.15, 0.2) is 11.1 Å². The third-order valence-electron chi connectivity index (χ3n) is 2.21. The van der Waals surface area contributed by atoms with Gasteiger partial charge in [-0.1, -0.05) is 0 Å². The Hall–Kier alpha value is -2.26. The summed E-state index contributed by atoms with van der Waals surface area (Å²) in [4.78, 5) is 33.2. The number of rotatable bonds is 1. The summed E-state index contributed by atoms with van der Waals surface area (Å²) in [5.74, 6) is 0.0375. The van der Waals surface area contributed by atoms with Gasteiger partial charge in [-0.15, -0.1) is 0 Å². The van der Waals surface area contributed by atoms with Gasteiger partial charge < -0.3 is 5.73 Å². The topological polar surface area (TPSA) is 128 Å². The van der Waals surface area contributed by atoms with Gasteiger partial charge in [-0.3, -0.25) is 14.3 Å². The Bertz CT molecular complexity index is 820. The second-order valence-corrected chi connectivity index (χ2v) is 4.09. The molecule has 3 N–H and O–H groups in total. The molecule has 3 aromatic heterocycles. The smallest absolute Gasteiger partial charge is 0.280 e. The normalized spacial score (nSPS) is 11.1. The van der Waals surface area contributed by atoms with Gasteiger partial charge in [-0.05, 0) is 23.2 Å². The van der Waals surface area contributed by atoms with Crippen LogP contribution in [0.1, 0.15) is 0 Å². The van der Waals surface area contributed by atoms with E-state index in [1.165, 1.54) is 10.9 Å². The van der Waals surface area contributed by atoms with Crippen LogP contribution in [0.5, 0.6) is 0 Å². The molecule has 0 aliphatic heterocycles. The van der Waals surface area contributed by atoms with Crippen LogP contribution in [0.3, 0.4) is 0 Å². The number of H-pyrrole nitrogens is 1. The zero-order valence-corrected chi connectivity index (χ0v) is 10.5. The minimum Gasteiger partial charge on any atom is -0.369 e. The second kappa shape index (κ2) is 4.14. The number of anilines is 1. The van der Waals surface area contributed by atoms with E-state index >= 15 is 0 Å². The van der Waals surface area contributed by atoms with E-state index < -0.39 is 5.56 Å².